The van der Waals surface area contributed by atoms with E-state index in [4.69, 9.17) is 11.6 Å². The van der Waals surface area contributed by atoms with Crippen LogP contribution in [0, 0.1) is 5.82 Å². The number of pyridine rings is 2. The van der Waals surface area contributed by atoms with Crippen LogP contribution in [0.25, 0.3) is 22.4 Å². The fourth-order valence-corrected chi connectivity index (χ4v) is 4.33. The number of fused-ring (bicyclic) bond motifs is 1. The second-order valence-electron chi connectivity index (χ2n) is 9.28. The number of carbonyl (C=O) groups excluding carboxylic acids is 2. The number of aromatic nitrogens is 4. The molecule has 2 amide bonds. The molecule has 0 unspecified atom stereocenters. The number of halogens is 3. The molecule has 0 saturated carbocycles. The first-order valence-corrected chi connectivity index (χ1v) is 12.0. The van der Waals surface area contributed by atoms with Gasteiger partial charge in [-0.2, -0.15) is 0 Å². The van der Waals surface area contributed by atoms with Crippen LogP contribution in [-0.2, 0) is 17.9 Å². The molecule has 9 nitrogen and oxygen atoms in total. The van der Waals surface area contributed by atoms with Gasteiger partial charge in [-0.1, -0.05) is 23.7 Å². The lowest BCUT2D eigenvalue weighted by atomic mass is 9.99. The summed E-state index contributed by atoms with van der Waals surface area (Å²) in [6, 6.07) is 9.81. The summed E-state index contributed by atoms with van der Waals surface area (Å²) in [5, 5.41) is 3.61. The van der Waals surface area contributed by atoms with Crippen LogP contribution in [0.1, 0.15) is 22.8 Å². The number of rotatable bonds is 6. The molecular formula is C26H21ClF2N6O3. The number of nitrogens with zero attached hydrogens (tertiary/aromatic N) is 5. The van der Waals surface area contributed by atoms with Crippen LogP contribution in [0.3, 0.4) is 0 Å². The predicted octanol–water partition coefficient (Wildman–Crippen LogP) is 3.15. The van der Waals surface area contributed by atoms with E-state index in [1.54, 1.807) is 30.3 Å². The standard InChI is InChI=1S/C26H21ClF2N6O3/c1-26(29)13-34(14-26)21(36)12-35-23-16(6-17(9-32-23)22-30-10-19(28)11-31-22)7-20(25(35)38)24(37)33-8-15-2-4-18(27)5-3-15/h2-7,9-11H,8,12-14H2,1H3,(H,33,37). The van der Waals surface area contributed by atoms with E-state index in [1.165, 1.54) is 24.1 Å². The smallest absolute Gasteiger partial charge is 0.265 e. The molecule has 0 atom stereocenters. The summed E-state index contributed by atoms with van der Waals surface area (Å²) < 4.78 is 28.3. The Morgan fingerprint density at radius 1 is 1.08 bits per heavy atom. The molecule has 1 fully saturated rings. The van der Waals surface area contributed by atoms with Crippen molar-refractivity contribution >= 4 is 34.4 Å². The van der Waals surface area contributed by atoms with Gasteiger partial charge in [0.2, 0.25) is 5.91 Å². The second kappa shape index (κ2) is 9.90. The van der Waals surface area contributed by atoms with Crippen molar-refractivity contribution in [1.29, 1.82) is 0 Å². The summed E-state index contributed by atoms with van der Waals surface area (Å²) in [5.74, 6) is -1.55. The normalized spacial score (nSPS) is 14.3. The zero-order chi connectivity index (χ0) is 27.0. The Morgan fingerprint density at radius 2 is 1.76 bits per heavy atom. The van der Waals surface area contributed by atoms with Gasteiger partial charge in [-0.15, -0.1) is 0 Å². The summed E-state index contributed by atoms with van der Waals surface area (Å²) in [4.78, 5) is 52.8. The van der Waals surface area contributed by atoms with E-state index >= 15 is 0 Å². The third kappa shape index (κ3) is 5.23. The van der Waals surface area contributed by atoms with Gasteiger partial charge in [-0.05, 0) is 36.8 Å². The summed E-state index contributed by atoms with van der Waals surface area (Å²) >= 11 is 5.91. The lowest BCUT2D eigenvalue weighted by molar-refractivity contribution is -0.144. The Bertz CT molecular complexity index is 1600. The zero-order valence-corrected chi connectivity index (χ0v) is 20.9. The zero-order valence-electron chi connectivity index (χ0n) is 20.1. The van der Waals surface area contributed by atoms with Crippen molar-refractivity contribution in [2.75, 3.05) is 13.1 Å². The SMILES string of the molecule is CC1(F)CN(C(=O)Cn2c(=O)c(C(=O)NCc3ccc(Cl)cc3)cc3cc(-c4ncc(F)cn4)cnc32)C1. The Labute approximate surface area is 220 Å². The highest BCUT2D eigenvalue weighted by molar-refractivity contribution is 6.30. The molecule has 3 aromatic heterocycles. The molecule has 4 aromatic rings. The third-order valence-electron chi connectivity index (χ3n) is 6.10. The Kier molecular flexibility index (Phi) is 6.62. The molecule has 1 aliphatic rings. The number of alkyl halides is 1. The molecule has 194 valence electrons. The second-order valence-corrected chi connectivity index (χ2v) is 9.72. The topological polar surface area (TPSA) is 110 Å². The van der Waals surface area contributed by atoms with Crippen LogP contribution < -0.4 is 10.9 Å². The highest BCUT2D eigenvalue weighted by Crippen LogP contribution is 2.25. The maximum absolute atomic E-state index is 14.0. The summed E-state index contributed by atoms with van der Waals surface area (Å²) in [6.45, 7) is 0.934. The minimum atomic E-state index is -1.48. The molecule has 1 N–H and O–H groups in total. The Balaban J connectivity index is 1.52. The van der Waals surface area contributed by atoms with Crippen LogP contribution in [0.2, 0.25) is 5.02 Å². The van der Waals surface area contributed by atoms with Gasteiger partial charge < -0.3 is 10.2 Å². The average Bonchev–Trinajstić information content (AvgIpc) is 2.88. The average molecular weight is 539 g/mol. The maximum Gasteiger partial charge on any atom is 0.265 e. The first-order valence-electron chi connectivity index (χ1n) is 11.6. The van der Waals surface area contributed by atoms with Gasteiger partial charge in [0.05, 0.1) is 25.5 Å². The van der Waals surface area contributed by atoms with E-state index < -0.39 is 35.4 Å². The molecule has 12 heteroatoms. The lowest BCUT2D eigenvalue weighted by Crippen LogP contribution is -2.60. The highest BCUT2D eigenvalue weighted by Gasteiger charge is 2.41. The molecule has 1 saturated heterocycles. The van der Waals surface area contributed by atoms with Gasteiger partial charge in [0.15, 0.2) is 11.6 Å². The summed E-state index contributed by atoms with van der Waals surface area (Å²) in [6.07, 6.45) is 3.40. The maximum atomic E-state index is 14.0. The van der Waals surface area contributed by atoms with Crippen molar-refractivity contribution in [2.45, 2.75) is 25.7 Å². The molecule has 38 heavy (non-hydrogen) atoms. The highest BCUT2D eigenvalue weighted by atomic mass is 35.5. The molecule has 1 aromatic carbocycles. The van der Waals surface area contributed by atoms with E-state index in [2.05, 4.69) is 20.3 Å². The monoisotopic (exact) mass is 538 g/mol. The van der Waals surface area contributed by atoms with E-state index in [9.17, 15) is 23.2 Å². The number of likely N-dealkylation sites (tertiary alicyclic amines) is 1. The van der Waals surface area contributed by atoms with Gasteiger partial charge in [0, 0.05) is 28.7 Å². The number of amides is 2. The Morgan fingerprint density at radius 3 is 2.42 bits per heavy atom. The van der Waals surface area contributed by atoms with E-state index in [0.717, 1.165) is 22.5 Å². The third-order valence-corrected chi connectivity index (χ3v) is 6.35. The molecule has 0 radical (unpaired) electrons. The first-order chi connectivity index (χ1) is 18.1. The molecule has 1 aliphatic heterocycles. The fraction of sp³-hybridized carbons (Fsp3) is 0.231. The number of carbonyl (C=O) groups is 2. The predicted molar refractivity (Wildman–Crippen MR) is 136 cm³/mol. The molecular weight excluding hydrogens is 518 g/mol. The van der Waals surface area contributed by atoms with Crippen molar-refractivity contribution in [1.82, 2.24) is 29.7 Å². The van der Waals surface area contributed by atoms with E-state index in [-0.39, 0.29) is 36.7 Å². The summed E-state index contributed by atoms with van der Waals surface area (Å²) in [5.41, 5.74) is -1.08. The van der Waals surface area contributed by atoms with Crippen LogP contribution in [0.5, 0.6) is 0 Å². The van der Waals surface area contributed by atoms with Gasteiger partial charge in [0.1, 0.15) is 23.4 Å². The fourth-order valence-electron chi connectivity index (χ4n) is 4.20. The van der Waals surface area contributed by atoms with Crippen molar-refractivity contribution in [2.24, 2.45) is 0 Å². The molecule has 0 bridgehead atoms. The summed E-state index contributed by atoms with van der Waals surface area (Å²) in [7, 11) is 0. The largest absolute Gasteiger partial charge is 0.348 e. The van der Waals surface area contributed by atoms with Crippen LogP contribution in [0.15, 0.2) is 59.8 Å². The van der Waals surface area contributed by atoms with Crippen LogP contribution >= 0.6 is 11.6 Å². The number of hydrogen-bond acceptors (Lipinski definition) is 6. The van der Waals surface area contributed by atoms with Crippen molar-refractivity contribution in [3.8, 4) is 11.4 Å². The molecule has 4 heterocycles. The quantitative estimate of drug-likeness (QED) is 0.404. The first kappa shape index (κ1) is 25.4. The van der Waals surface area contributed by atoms with Gasteiger partial charge in [-0.3, -0.25) is 19.0 Å². The van der Waals surface area contributed by atoms with Crippen LogP contribution in [-0.4, -0.2) is 55.0 Å². The van der Waals surface area contributed by atoms with Gasteiger partial charge in [0.25, 0.3) is 11.5 Å². The van der Waals surface area contributed by atoms with Crippen molar-refractivity contribution in [3.63, 3.8) is 0 Å². The lowest BCUT2D eigenvalue weighted by Gasteiger charge is -2.42. The minimum Gasteiger partial charge on any atom is -0.348 e. The number of hydrogen-bond donors (Lipinski definition) is 1. The number of nitrogens with one attached hydrogen (secondary N) is 1. The van der Waals surface area contributed by atoms with E-state index in [1.807, 2.05) is 0 Å². The molecule has 5 rings (SSSR count). The van der Waals surface area contributed by atoms with Crippen molar-refractivity contribution < 1.29 is 18.4 Å². The molecule has 0 aliphatic carbocycles. The van der Waals surface area contributed by atoms with Crippen molar-refractivity contribution in [3.05, 3.63) is 87.3 Å². The van der Waals surface area contributed by atoms with Crippen LogP contribution in [0.4, 0.5) is 8.78 Å². The van der Waals surface area contributed by atoms with Gasteiger partial charge in [-0.25, -0.2) is 23.7 Å². The molecule has 0 spiro atoms. The number of benzene rings is 1. The Hall–Kier alpha value is -4.25. The minimum absolute atomic E-state index is 0.0841. The van der Waals surface area contributed by atoms with E-state index in [0.29, 0.717) is 16.0 Å². The van der Waals surface area contributed by atoms with Gasteiger partial charge >= 0.3 is 0 Å².